The number of amides is 2. The summed E-state index contributed by atoms with van der Waals surface area (Å²) in [6.45, 7) is 0.145. The molecule has 0 spiro atoms. The Morgan fingerprint density at radius 3 is 2.40 bits per heavy atom. The molecular weight excluding hydrogens is 502 g/mol. The molecular formula is C24H19ClF2N2O5S. The van der Waals surface area contributed by atoms with Crippen LogP contribution in [0.5, 0.6) is 0 Å². The number of rotatable bonds is 8. The highest BCUT2D eigenvalue weighted by Crippen LogP contribution is 2.55. The molecule has 35 heavy (non-hydrogen) atoms. The second kappa shape index (κ2) is 10.0. The second-order valence-corrected chi connectivity index (χ2v) is 9.12. The molecule has 11 heteroatoms. The van der Waals surface area contributed by atoms with E-state index in [0.29, 0.717) is 22.7 Å². The van der Waals surface area contributed by atoms with Gasteiger partial charge in [0.2, 0.25) is 5.91 Å². The van der Waals surface area contributed by atoms with Crippen LogP contribution in [0, 0.1) is 11.8 Å². The molecule has 2 aromatic carbocycles. The van der Waals surface area contributed by atoms with Crippen LogP contribution in [0.1, 0.15) is 5.56 Å². The normalized spacial score (nSPS) is 17.9. The zero-order valence-electron chi connectivity index (χ0n) is 18.0. The van der Waals surface area contributed by atoms with Gasteiger partial charge in [-0.1, -0.05) is 41.9 Å². The molecule has 0 bridgehead atoms. The molecule has 0 unspecified atom stereocenters. The maximum Gasteiger partial charge on any atom is 0.411 e. The van der Waals surface area contributed by atoms with E-state index in [1.54, 1.807) is 29.6 Å². The summed E-state index contributed by atoms with van der Waals surface area (Å²) in [4.78, 5) is 35.9. The molecule has 1 aliphatic rings. The summed E-state index contributed by atoms with van der Waals surface area (Å²) in [5.74, 6) is -10.2. The number of ether oxygens (including phenoxy) is 1. The Morgan fingerprint density at radius 1 is 1.03 bits per heavy atom. The molecule has 0 saturated heterocycles. The van der Waals surface area contributed by atoms with Crippen LogP contribution in [0.15, 0.2) is 60.0 Å². The summed E-state index contributed by atoms with van der Waals surface area (Å²) in [5.41, 5.74) is 2.35. The number of carboxylic acids is 1. The Bertz CT molecular complexity index is 1260. The van der Waals surface area contributed by atoms with Gasteiger partial charge in [0.05, 0.1) is 17.2 Å². The lowest BCUT2D eigenvalue weighted by atomic mass is 10.1. The molecule has 7 nitrogen and oxygen atoms in total. The first kappa shape index (κ1) is 24.6. The van der Waals surface area contributed by atoms with Crippen LogP contribution < -0.4 is 10.6 Å². The van der Waals surface area contributed by atoms with Gasteiger partial charge in [0, 0.05) is 17.1 Å². The molecule has 2 atom stereocenters. The van der Waals surface area contributed by atoms with Crippen molar-refractivity contribution in [3.8, 4) is 10.4 Å². The number of carbonyl (C=O) groups excluding carboxylic acids is 2. The van der Waals surface area contributed by atoms with E-state index in [1.807, 2.05) is 18.2 Å². The van der Waals surface area contributed by atoms with Crippen LogP contribution in [0.3, 0.4) is 0 Å². The predicted molar refractivity (Wildman–Crippen MR) is 128 cm³/mol. The van der Waals surface area contributed by atoms with E-state index >= 15 is 0 Å². The number of nitrogens with one attached hydrogen (secondary N) is 2. The summed E-state index contributed by atoms with van der Waals surface area (Å²) in [7, 11) is 0. The van der Waals surface area contributed by atoms with Gasteiger partial charge in [-0.05, 0) is 40.8 Å². The topological polar surface area (TPSA) is 105 Å². The van der Waals surface area contributed by atoms with Gasteiger partial charge in [-0.3, -0.25) is 14.9 Å². The predicted octanol–water partition coefficient (Wildman–Crippen LogP) is 5.76. The summed E-state index contributed by atoms with van der Waals surface area (Å²) in [6.07, 6.45) is -0.157. The average Bonchev–Trinajstić information content (AvgIpc) is 3.14. The number of hydrogen-bond acceptors (Lipinski definition) is 5. The molecule has 0 radical (unpaired) electrons. The van der Waals surface area contributed by atoms with E-state index < -0.39 is 35.7 Å². The molecule has 1 saturated carbocycles. The van der Waals surface area contributed by atoms with E-state index in [2.05, 4.69) is 10.6 Å². The molecule has 1 aliphatic carbocycles. The summed E-state index contributed by atoms with van der Waals surface area (Å²) >= 11 is 7.46. The third-order valence-electron chi connectivity index (χ3n) is 5.48. The minimum absolute atomic E-state index is 0.145. The van der Waals surface area contributed by atoms with Gasteiger partial charge in [-0.25, -0.2) is 13.6 Å². The number of benzene rings is 2. The summed E-state index contributed by atoms with van der Waals surface area (Å²) < 4.78 is 32.4. The average molecular weight is 521 g/mol. The van der Waals surface area contributed by atoms with Crippen LogP contribution in [-0.2, 0) is 20.7 Å². The molecule has 2 amide bonds. The van der Waals surface area contributed by atoms with Gasteiger partial charge in [-0.15, -0.1) is 11.3 Å². The maximum atomic E-state index is 13.6. The summed E-state index contributed by atoms with van der Waals surface area (Å²) in [6, 6.07) is 15.3. The van der Waals surface area contributed by atoms with Crippen molar-refractivity contribution in [1.29, 1.82) is 0 Å². The van der Waals surface area contributed by atoms with Crippen molar-refractivity contribution in [2.24, 2.45) is 11.8 Å². The highest BCUT2D eigenvalue weighted by Gasteiger charge is 2.75. The fourth-order valence-corrected chi connectivity index (χ4v) is 4.71. The number of halogens is 3. The Morgan fingerprint density at radius 2 is 1.74 bits per heavy atom. The number of alkyl halides is 2. The van der Waals surface area contributed by atoms with Crippen molar-refractivity contribution in [2.75, 3.05) is 17.2 Å². The first-order valence-corrected chi connectivity index (χ1v) is 11.7. The first-order chi connectivity index (χ1) is 16.7. The van der Waals surface area contributed by atoms with Gasteiger partial charge in [0.1, 0.15) is 11.8 Å². The molecule has 4 rings (SSSR count). The molecule has 3 aromatic rings. The van der Waals surface area contributed by atoms with E-state index in [-0.39, 0.29) is 12.3 Å². The lowest BCUT2D eigenvalue weighted by Gasteiger charge is -2.10. The van der Waals surface area contributed by atoms with Gasteiger partial charge in [-0.2, -0.15) is 0 Å². The van der Waals surface area contributed by atoms with Crippen molar-refractivity contribution >= 4 is 52.3 Å². The number of hydrogen-bond donors (Lipinski definition) is 3. The van der Waals surface area contributed by atoms with Gasteiger partial charge < -0.3 is 15.2 Å². The monoisotopic (exact) mass is 520 g/mol. The Kier molecular flexibility index (Phi) is 7.04. The van der Waals surface area contributed by atoms with Crippen LogP contribution in [0.2, 0.25) is 5.02 Å². The van der Waals surface area contributed by atoms with E-state index in [1.165, 1.54) is 23.5 Å². The molecule has 1 heterocycles. The van der Waals surface area contributed by atoms with Crippen molar-refractivity contribution in [1.82, 2.24) is 0 Å². The fourth-order valence-electron chi connectivity index (χ4n) is 3.62. The van der Waals surface area contributed by atoms with E-state index in [9.17, 15) is 23.2 Å². The lowest BCUT2D eigenvalue weighted by molar-refractivity contribution is -0.141. The van der Waals surface area contributed by atoms with Crippen molar-refractivity contribution in [3.05, 3.63) is 70.6 Å². The molecule has 182 valence electrons. The molecule has 1 fully saturated rings. The number of thiophene rings is 1. The maximum absolute atomic E-state index is 13.6. The van der Waals surface area contributed by atoms with Crippen molar-refractivity contribution in [3.63, 3.8) is 0 Å². The van der Waals surface area contributed by atoms with Gasteiger partial charge in [0.15, 0.2) is 0 Å². The third-order valence-corrected chi connectivity index (χ3v) is 6.81. The standard InChI is InChI=1S/C24H19ClF2N2O5S/c25-16-4-2-1-3-13(16)9-11-34-23(33)29-17-10-12-35-20(17)14-5-7-15(8-6-14)28-21(30)18-19(22(31)32)24(18,26)27/h1-8,10,12,18-19H,9,11H2,(H,28,30)(H,29,33)(H,31,32)/t18-,19-/m1/s1. The quantitative estimate of drug-likeness (QED) is 0.350. The van der Waals surface area contributed by atoms with Crippen molar-refractivity contribution < 1.29 is 33.0 Å². The first-order valence-electron chi connectivity index (χ1n) is 10.4. The van der Waals surface area contributed by atoms with Crippen molar-refractivity contribution in [2.45, 2.75) is 12.3 Å². The lowest BCUT2D eigenvalue weighted by Crippen LogP contribution is -2.18. The van der Waals surface area contributed by atoms with E-state index in [0.717, 1.165) is 10.4 Å². The van der Waals surface area contributed by atoms with Crippen LogP contribution in [0.25, 0.3) is 10.4 Å². The third kappa shape index (κ3) is 5.44. The number of anilines is 2. The number of carbonyl (C=O) groups is 3. The Labute approximate surface area is 207 Å². The second-order valence-electron chi connectivity index (χ2n) is 7.80. The molecule has 1 aromatic heterocycles. The highest BCUT2D eigenvalue weighted by molar-refractivity contribution is 7.14. The molecule has 3 N–H and O–H groups in total. The summed E-state index contributed by atoms with van der Waals surface area (Å²) in [5, 5.41) is 16.2. The zero-order valence-corrected chi connectivity index (χ0v) is 19.5. The number of carboxylic acid groups (broad SMARTS) is 1. The van der Waals surface area contributed by atoms with Gasteiger partial charge in [0.25, 0.3) is 5.92 Å². The highest BCUT2D eigenvalue weighted by atomic mass is 35.5. The van der Waals surface area contributed by atoms with Crippen LogP contribution in [-0.4, -0.2) is 35.6 Å². The minimum Gasteiger partial charge on any atom is -0.481 e. The largest absolute Gasteiger partial charge is 0.481 e. The minimum atomic E-state index is -3.56. The van der Waals surface area contributed by atoms with Gasteiger partial charge >= 0.3 is 12.1 Å². The Balaban J connectivity index is 1.33. The van der Waals surface area contributed by atoms with Crippen LogP contribution >= 0.6 is 22.9 Å². The number of aliphatic carboxylic acids is 1. The Hall–Kier alpha value is -3.50. The van der Waals surface area contributed by atoms with E-state index in [4.69, 9.17) is 21.4 Å². The zero-order chi connectivity index (χ0) is 25.2. The van der Waals surface area contributed by atoms with Crippen LogP contribution in [0.4, 0.5) is 25.0 Å². The fraction of sp³-hybridized carbons (Fsp3) is 0.208. The SMILES string of the molecule is O=C(Nc1ccsc1-c1ccc(NC(=O)[C@H]2[C@H](C(=O)O)C2(F)F)cc1)OCCc1ccccc1Cl. The molecule has 0 aliphatic heterocycles. The smallest absolute Gasteiger partial charge is 0.411 e.